The highest BCUT2D eigenvalue weighted by molar-refractivity contribution is 7.89. The Kier molecular flexibility index (Phi) is 7.92. The minimum absolute atomic E-state index is 0.0486. The van der Waals surface area contributed by atoms with Gasteiger partial charge in [-0.2, -0.15) is 13.2 Å². The molecule has 1 amide bonds. The number of anilines is 1. The lowest BCUT2D eigenvalue weighted by atomic mass is 9.96. The van der Waals surface area contributed by atoms with E-state index in [9.17, 15) is 26.4 Å². The largest absolute Gasteiger partial charge is 0.483 e. The smallest absolute Gasteiger partial charge is 0.416 e. The molecule has 180 valence electrons. The fraction of sp³-hybridized carbons (Fsp3) is 0.409. The highest BCUT2D eigenvalue weighted by Crippen LogP contribution is 2.34. The lowest BCUT2D eigenvalue weighted by Gasteiger charge is -2.22. The average molecular weight is 505 g/mol. The topological polar surface area (TPSA) is 84.5 Å². The first-order valence-corrected chi connectivity index (χ1v) is 12.2. The van der Waals surface area contributed by atoms with Crippen molar-refractivity contribution in [1.82, 2.24) is 4.72 Å². The molecule has 11 heteroatoms. The van der Waals surface area contributed by atoms with Gasteiger partial charge in [-0.15, -0.1) is 0 Å². The van der Waals surface area contributed by atoms with Crippen molar-refractivity contribution in [3.8, 4) is 5.75 Å². The summed E-state index contributed by atoms with van der Waals surface area (Å²) in [6.07, 6.45) is 0.136. The van der Waals surface area contributed by atoms with Crippen LogP contribution in [0.1, 0.15) is 43.2 Å². The lowest BCUT2D eigenvalue weighted by Crippen LogP contribution is -2.36. The van der Waals surface area contributed by atoms with E-state index in [1.165, 1.54) is 18.2 Å². The number of aryl methyl sites for hydroxylation is 1. The highest BCUT2D eigenvalue weighted by atomic mass is 35.5. The number of carbonyl (C=O) groups excluding carboxylic acids is 1. The van der Waals surface area contributed by atoms with Crippen LogP contribution in [-0.2, 0) is 21.0 Å². The summed E-state index contributed by atoms with van der Waals surface area (Å²) in [5.74, 6) is -0.441. The second-order valence-corrected chi connectivity index (χ2v) is 10.0. The van der Waals surface area contributed by atoms with Crippen molar-refractivity contribution in [3.63, 3.8) is 0 Å². The summed E-state index contributed by atoms with van der Waals surface area (Å²) in [7, 11) is -3.68. The maximum Gasteiger partial charge on any atom is 0.416 e. The van der Waals surface area contributed by atoms with Crippen molar-refractivity contribution < 1.29 is 31.1 Å². The van der Waals surface area contributed by atoms with Gasteiger partial charge < -0.3 is 10.1 Å². The number of hydrogen-bond donors (Lipinski definition) is 2. The number of ether oxygens (including phenoxy) is 1. The monoisotopic (exact) mass is 504 g/mol. The molecule has 33 heavy (non-hydrogen) atoms. The molecule has 0 spiro atoms. The number of rotatable bonds is 7. The van der Waals surface area contributed by atoms with E-state index in [1.807, 2.05) is 0 Å². The Hall–Kier alpha value is -2.30. The van der Waals surface area contributed by atoms with Crippen LogP contribution in [0.3, 0.4) is 0 Å². The van der Waals surface area contributed by atoms with Gasteiger partial charge in [0.05, 0.1) is 21.2 Å². The summed E-state index contributed by atoms with van der Waals surface area (Å²) < 4.78 is 72.1. The molecule has 1 saturated carbocycles. The van der Waals surface area contributed by atoms with Gasteiger partial charge in [0.25, 0.3) is 5.91 Å². The molecule has 0 aliphatic heterocycles. The Labute approximate surface area is 195 Å². The number of sulfonamides is 1. The number of halogens is 4. The fourth-order valence-electron chi connectivity index (χ4n) is 3.59. The van der Waals surface area contributed by atoms with Crippen LogP contribution in [0.4, 0.5) is 18.9 Å². The van der Waals surface area contributed by atoms with E-state index in [-0.39, 0.29) is 27.4 Å². The first-order valence-electron chi connectivity index (χ1n) is 10.4. The van der Waals surface area contributed by atoms with Gasteiger partial charge in [-0.05, 0) is 61.7 Å². The molecule has 0 bridgehead atoms. The van der Waals surface area contributed by atoms with Gasteiger partial charge in [0.2, 0.25) is 10.0 Å². The van der Waals surface area contributed by atoms with E-state index in [0.717, 1.165) is 50.3 Å². The Morgan fingerprint density at radius 3 is 2.45 bits per heavy atom. The predicted octanol–water partition coefficient (Wildman–Crippen LogP) is 5.30. The number of alkyl halides is 3. The van der Waals surface area contributed by atoms with E-state index < -0.39 is 34.3 Å². The fourth-order valence-corrected chi connectivity index (χ4v) is 5.14. The van der Waals surface area contributed by atoms with Crippen molar-refractivity contribution >= 4 is 33.2 Å². The zero-order chi connectivity index (χ0) is 24.2. The summed E-state index contributed by atoms with van der Waals surface area (Å²) >= 11 is 5.88. The molecule has 0 aromatic heterocycles. The van der Waals surface area contributed by atoms with Crippen LogP contribution < -0.4 is 14.8 Å². The summed E-state index contributed by atoms with van der Waals surface area (Å²) in [6.45, 7) is 1.14. The van der Waals surface area contributed by atoms with Crippen LogP contribution in [0, 0.1) is 6.92 Å². The SMILES string of the molecule is Cc1cc(S(=O)(=O)NC2CCCCC2)ccc1OCC(=O)Nc1cc(C(F)(F)F)ccc1Cl. The van der Waals surface area contributed by atoms with Gasteiger partial charge in [0.15, 0.2) is 6.61 Å². The normalized spacial score (nSPS) is 15.3. The van der Waals surface area contributed by atoms with Crippen LogP contribution in [0.25, 0.3) is 0 Å². The van der Waals surface area contributed by atoms with Crippen LogP contribution in [0.2, 0.25) is 5.02 Å². The molecule has 0 radical (unpaired) electrons. The number of nitrogens with one attached hydrogen (secondary N) is 2. The van der Waals surface area contributed by atoms with Crippen LogP contribution in [0.5, 0.6) is 5.75 Å². The number of benzene rings is 2. The summed E-state index contributed by atoms with van der Waals surface area (Å²) in [5, 5.41) is 2.24. The second-order valence-electron chi connectivity index (χ2n) is 7.91. The Balaban J connectivity index is 1.62. The highest BCUT2D eigenvalue weighted by Gasteiger charge is 2.31. The molecule has 1 aliphatic rings. The summed E-state index contributed by atoms with van der Waals surface area (Å²) in [6, 6.07) is 6.80. The molecule has 2 N–H and O–H groups in total. The molecule has 2 aromatic carbocycles. The van der Waals surface area contributed by atoms with Crippen molar-refractivity contribution in [1.29, 1.82) is 0 Å². The molecule has 0 saturated heterocycles. The molecule has 0 heterocycles. The van der Waals surface area contributed by atoms with Gasteiger partial charge in [0, 0.05) is 6.04 Å². The summed E-state index contributed by atoms with van der Waals surface area (Å²) in [4.78, 5) is 12.3. The predicted molar refractivity (Wildman–Crippen MR) is 119 cm³/mol. The van der Waals surface area contributed by atoms with Crippen molar-refractivity contribution in [3.05, 3.63) is 52.5 Å². The number of amides is 1. The maximum absolute atomic E-state index is 12.9. The molecule has 3 rings (SSSR count). The van der Waals surface area contributed by atoms with Gasteiger partial charge in [-0.25, -0.2) is 13.1 Å². The first kappa shape index (κ1) is 25.3. The van der Waals surface area contributed by atoms with E-state index in [1.54, 1.807) is 6.92 Å². The third-order valence-corrected chi connectivity index (χ3v) is 7.16. The second kappa shape index (κ2) is 10.3. The lowest BCUT2D eigenvalue weighted by molar-refractivity contribution is -0.137. The van der Waals surface area contributed by atoms with E-state index in [0.29, 0.717) is 5.56 Å². The average Bonchev–Trinajstić information content (AvgIpc) is 2.74. The molecular formula is C22H24ClF3N2O4S. The summed E-state index contributed by atoms with van der Waals surface area (Å²) in [5.41, 5.74) is -0.643. The third kappa shape index (κ3) is 6.84. The van der Waals surface area contributed by atoms with E-state index in [2.05, 4.69) is 10.0 Å². The van der Waals surface area contributed by atoms with Crippen molar-refractivity contribution in [2.24, 2.45) is 0 Å². The molecule has 2 aromatic rings. The Morgan fingerprint density at radius 1 is 1.12 bits per heavy atom. The number of carbonyl (C=O) groups is 1. The molecule has 0 atom stereocenters. The maximum atomic E-state index is 12.9. The number of hydrogen-bond acceptors (Lipinski definition) is 4. The molecule has 1 aliphatic carbocycles. The van der Waals surface area contributed by atoms with Crippen LogP contribution in [-0.4, -0.2) is 27.0 Å². The quantitative estimate of drug-likeness (QED) is 0.536. The van der Waals surface area contributed by atoms with Crippen LogP contribution in [0.15, 0.2) is 41.3 Å². The molecule has 1 fully saturated rings. The molecule has 6 nitrogen and oxygen atoms in total. The minimum Gasteiger partial charge on any atom is -0.483 e. The standard InChI is InChI=1S/C22H24ClF3N2O4S/c1-14-11-17(33(30,31)28-16-5-3-2-4-6-16)8-10-20(14)32-13-21(29)27-19-12-15(22(24,25)26)7-9-18(19)23/h7-12,16,28H,2-6,13H2,1H3,(H,27,29). The van der Waals surface area contributed by atoms with Gasteiger partial charge >= 0.3 is 6.18 Å². The zero-order valence-electron chi connectivity index (χ0n) is 17.8. The molecule has 0 unspecified atom stereocenters. The van der Waals surface area contributed by atoms with E-state index >= 15 is 0 Å². The van der Waals surface area contributed by atoms with Gasteiger partial charge in [0.1, 0.15) is 5.75 Å². The van der Waals surface area contributed by atoms with Crippen molar-refractivity contribution in [2.45, 2.75) is 56.1 Å². The van der Waals surface area contributed by atoms with Crippen LogP contribution >= 0.6 is 11.6 Å². The Morgan fingerprint density at radius 2 is 1.82 bits per heavy atom. The zero-order valence-corrected chi connectivity index (χ0v) is 19.4. The minimum atomic E-state index is -4.58. The van der Waals surface area contributed by atoms with Crippen molar-refractivity contribution in [2.75, 3.05) is 11.9 Å². The first-order chi connectivity index (χ1) is 15.5. The van der Waals surface area contributed by atoms with Gasteiger partial charge in [-0.3, -0.25) is 4.79 Å². The third-order valence-electron chi connectivity index (χ3n) is 5.31. The van der Waals surface area contributed by atoms with E-state index in [4.69, 9.17) is 16.3 Å². The molecular weight excluding hydrogens is 481 g/mol. The Bertz CT molecular complexity index is 1120. The van der Waals surface area contributed by atoms with Gasteiger partial charge in [-0.1, -0.05) is 30.9 Å².